The predicted octanol–water partition coefficient (Wildman–Crippen LogP) is 2.63. The Balaban J connectivity index is 1.51. The number of carbonyl (C=O) groups excluding carboxylic acids is 2. The summed E-state index contributed by atoms with van der Waals surface area (Å²) < 4.78 is 5.13. The fraction of sp³-hybridized carbons (Fsp3) is 0.350. The number of methoxy groups -OCH3 is 1. The van der Waals surface area contributed by atoms with Gasteiger partial charge in [0.15, 0.2) is 0 Å². The average molecular weight is 403 g/mol. The summed E-state index contributed by atoms with van der Waals surface area (Å²) in [5, 5.41) is 6.58. The van der Waals surface area contributed by atoms with Crippen LogP contribution in [0.15, 0.2) is 36.7 Å². The second-order valence-corrected chi connectivity index (χ2v) is 7.04. The van der Waals surface area contributed by atoms with Gasteiger partial charge in [0, 0.05) is 49.8 Å². The van der Waals surface area contributed by atoms with E-state index in [4.69, 9.17) is 16.3 Å². The van der Waals surface area contributed by atoms with E-state index in [0.717, 1.165) is 11.3 Å². The molecule has 8 heteroatoms. The fourth-order valence-corrected chi connectivity index (χ4v) is 3.41. The first kappa shape index (κ1) is 19.9. The Kier molecular flexibility index (Phi) is 6.36. The second-order valence-electron chi connectivity index (χ2n) is 6.63. The molecular formula is C20H23ClN4O3. The molecule has 0 radical (unpaired) electrons. The molecule has 2 amide bonds. The average Bonchev–Trinajstić information content (AvgIpc) is 3.08. The lowest BCUT2D eigenvalue weighted by Gasteiger charge is -2.18. The summed E-state index contributed by atoms with van der Waals surface area (Å²) in [7, 11) is 1.53. The van der Waals surface area contributed by atoms with Gasteiger partial charge >= 0.3 is 0 Å². The molecule has 28 heavy (non-hydrogen) atoms. The van der Waals surface area contributed by atoms with E-state index in [9.17, 15) is 9.59 Å². The van der Waals surface area contributed by atoms with E-state index in [1.165, 1.54) is 7.11 Å². The number of nitrogens with zero attached hydrogens (tertiary/aromatic N) is 2. The van der Waals surface area contributed by atoms with Crippen molar-refractivity contribution in [2.24, 2.45) is 5.92 Å². The summed E-state index contributed by atoms with van der Waals surface area (Å²) >= 11 is 6.15. The lowest BCUT2D eigenvalue weighted by Crippen LogP contribution is -2.35. The Bertz CT molecular complexity index is 874. The first-order valence-electron chi connectivity index (χ1n) is 9.05. The van der Waals surface area contributed by atoms with Crippen molar-refractivity contribution in [3.63, 3.8) is 0 Å². The molecule has 0 spiro atoms. The minimum absolute atomic E-state index is 0.0908. The Morgan fingerprint density at radius 2 is 2.18 bits per heavy atom. The van der Waals surface area contributed by atoms with Gasteiger partial charge < -0.3 is 20.3 Å². The number of aryl methyl sites for hydroxylation is 1. The maximum atomic E-state index is 12.4. The number of pyridine rings is 1. The van der Waals surface area contributed by atoms with Crippen molar-refractivity contribution >= 4 is 34.8 Å². The van der Waals surface area contributed by atoms with E-state index in [1.807, 2.05) is 13.0 Å². The van der Waals surface area contributed by atoms with Crippen LogP contribution >= 0.6 is 11.6 Å². The van der Waals surface area contributed by atoms with Gasteiger partial charge in [-0.3, -0.25) is 14.6 Å². The number of rotatable bonds is 7. The van der Waals surface area contributed by atoms with Crippen molar-refractivity contribution in [1.82, 2.24) is 10.3 Å². The standard InChI is InChI=1S/C20H23ClN4O3/c1-13-11-22-6-5-17(13)23-7-8-24-20(27)14-9-19(26)25(12-14)15-3-4-18(28-2)16(21)10-15/h3-6,10-11,14H,7-9,12H2,1-2H3,(H,22,23)(H,24,27). The highest BCUT2D eigenvalue weighted by molar-refractivity contribution is 6.32. The highest BCUT2D eigenvalue weighted by Gasteiger charge is 2.35. The minimum Gasteiger partial charge on any atom is -0.495 e. The minimum atomic E-state index is -0.379. The van der Waals surface area contributed by atoms with Crippen molar-refractivity contribution < 1.29 is 14.3 Å². The SMILES string of the molecule is COc1ccc(N2CC(C(=O)NCCNc3ccncc3C)CC2=O)cc1Cl. The van der Waals surface area contributed by atoms with E-state index in [0.29, 0.717) is 36.1 Å². The van der Waals surface area contributed by atoms with Crippen LogP contribution in [0.4, 0.5) is 11.4 Å². The first-order chi connectivity index (χ1) is 13.5. The molecule has 0 aliphatic carbocycles. The van der Waals surface area contributed by atoms with Gasteiger partial charge in [-0.15, -0.1) is 0 Å². The van der Waals surface area contributed by atoms with Crippen LogP contribution in [0, 0.1) is 12.8 Å². The molecule has 1 aliphatic rings. The lowest BCUT2D eigenvalue weighted by molar-refractivity contribution is -0.126. The van der Waals surface area contributed by atoms with Crippen LogP contribution in [0.1, 0.15) is 12.0 Å². The van der Waals surface area contributed by atoms with Crippen LogP contribution in [-0.2, 0) is 9.59 Å². The van der Waals surface area contributed by atoms with Crippen molar-refractivity contribution in [1.29, 1.82) is 0 Å². The molecule has 1 fully saturated rings. The Morgan fingerprint density at radius 3 is 2.89 bits per heavy atom. The highest BCUT2D eigenvalue weighted by atomic mass is 35.5. The van der Waals surface area contributed by atoms with Crippen LogP contribution in [0.5, 0.6) is 5.75 Å². The molecule has 148 valence electrons. The number of hydrogen-bond donors (Lipinski definition) is 2. The molecule has 1 saturated heterocycles. The highest BCUT2D eigenvalue weighted by Crippen LogP contribution is 2.32. The maximum Gasteiger partial charge on any atom is 0.227 e. The fourth-order valence-electron chi connectivity index (χ4n) is 3.15. The van der Waals surface area contributed by atoms with Crippen molar-refractivity contribution in [3.8, 4) is 5.75 Å². The molecular weight excluding hydrogens is 380 g/mol. The zero-order valence-corrected chi connectivity index (χ0v) is 16.6. The van der Waals surface area contributed by atoms with Gasteiger partial charge in [0.25, 0.3) is 0 Å². The molecule has 1 aliphatic heterocycles. The number of anilines is 2. The summed E-state index contributed by atoms with van der Waals surface area (Å²) in [6.07, 6.45) is 3.69. The Hall–Kier alpha value is -2.80. The molecule has 0 saturated carbocycles. The van der Waals surface area contributed by atoms with Gasteiger partial charge in [-0.2, -0.15) is 0 Å². The molecule has 1 unspecified atom stereocenters. The van der Waals surface area contributed by atoms with Gasteiger partial charge in [0.05, 0.1) is 18.1 Å². The zero-order valence-electron chi connectivity index (χ0n) is 15.9. The Labute approximate surface area is 169 Å². The predicted molar refractivity (Wildman–Crippen MR) is 109 cm³/mol. The normalized spacial score (nSPS) is 16.2. The summed E-state index contributed by atoms with van der Waals surface area (Å²) in [6.45, 7) is 3.37. The number of halogens is 1. The summed E-state index contributed by atoms with van der Waals surface area (Å²) in [6, 6.07) is 7.05. The van der Waals surface area contributed by atoms with Crippen LogP contribution < -0.4 is 20.3 Å². The third-order valence-corrected chi connectivity index (χ3v) is 5.00. The molecule has 2 aromatic rings. The van der Waals surface area contributed by atoms with E-state index >= 15 is 0 Å². The first-order valence-corrected chi connectivity index (χ1v) is 9.43. The van der Waals surface area contributed by atoms with E-state index < -0.39 is 0 Å². The third-order valence-electron chi connectivity index (χ3n) is 4.70. The van der Waals surface area contributed by atoms with E-state index in [2.05, 4.69) is 15.6 Å². The van der Waals surface area contributed by atoms with E-state index in [-0.39, 0.29) is 24.2 Å². The molecule has 1 aromatic heterocycles. The zero-order chi connectivity index (χ0) is 20.1. The van der Waals surface area contributed by atoms with Crippen LogP contribution in [-0.4, -0.2) is 43.5 Å². The smallest absolute Gasteiger partial charge is 0.227 e. The van der Waals surface area contributed by atoms with Gasteiger partial charge in [-0.25, -0.2) is 0 Å². The quantitative estimate of drug-likeness (QED) is 0.695. The summed E-state index contributed by atoms with van der Waals surface area (Å²) in [5.74, 6) is -0.0463. The molecule has 0 bridgehead atoms. The number of carbonyl (C=O) groups is 2. The van der Waals surface area contributed by atoms with Crippen molar-refractivity contribution in [2.45, 2.75) is 13.3 Å². The van der Waals surface area contributed by atoms with Crippen LogP contribution in [0.25, 0.3) is 0 Å². The second kappa shape index (κ2) is 8.93. The lowest BCUT2D eigenvalue weighted by atomic mass is 10.1. The molecule has 2 heterocycles. The van der Waals surface area contributed by atoms with E-state index in [1.54, 1.807) is 35.5 Å². The monoisotopic (exact) mass is 402 g/mol. The number of ether oxygens (including phenoxy) is 1. The third kappa shape index (κ3) is 4.54. The topological polar surface area (TPSA) is 83.6 Å². The summed E-state index contributed by atoms with van der Waals surface area (Å²) in [5.41, 5.74) is 2.70. The molecule has 7 nitrogen and oxygen atoms in total. The maximum absolute atomic E-state index is 12.4. The van der Waals surface area contributed by atoms with Gasteiger partial charge in [0.2, 0.25) is 11.8 Å². The molecule has 1 atom stereocenters. The van der Waals surface area contributed by atoms with Crippen LogP contribution in [0.2, 0.25) is 5.02 Å². The van der Waals surface area contributed by atoms with Crippen molar-refractivity contribution in [3.05, 3.63) is 47.2 Å². The van der Waals surface area contributed by atoms with Gasteiger partial charge in [-0.05, 0) is 36.8 Å². The van der Waals surface area contributed by atoms with Crippen molar-refractivity contribution in [2.75, 3.05) is 37.0 Å². The number of benzene rings is 1. The largest absolute Gasteiger partial charge is 0.495 e. The van der Waals surface area contributed by atoms with Crippen LogP contribution in [0.3, 0.4) is 0 Å². The number of amides is 2. The molecule has 2 N–H and O–H groups in total. The molecule has 1 aromatic carbocycles. The van der Waals surface area contributed by atoms with Gasteiger partial charge in [0.1, 0.15) is 5.75 Å². The Morgan fingerprint density at radius 1 is 1.36 bits per heavy atom. The number of aromatic nitrogens is 1. The van der Waals surface area contributed by atoms with Gasteiger partial charge in [-0.1, -0.05) is 11.6 Å². The number of nitrogens with one attached hydrogen (secondary N) is 2. The molecule has 3 rings (SSSR count). The summed E-state index contributed by atoms with van der Waals surface area (Å²) in [4.78, 5) is 30.4. The number of hydrogen-bond acceptors (Lipinski definition) is 5.